The molecule has 0 unspecified atom stereocenters. The van der Waals surface area contributed by atoms with Gasteiger partial charge in [-0.25, -0.2) is 14.3 Å². The fourth-order valence-electron chi connectivity index (χ4n) is 1.31. The number of carbonyl (C=O) groups excluding carboxylic acids is 1. The van der Waals surface area contributed by atoms with Crippen LogP contribution in [-0.2, 0) is 14.6 Å². The summed E-state index contributed by atoms with van der Waals surface area (Å²) < 4.78 is 22.1. The first-order chi connectivity index (χ1) is 6.53. The van der Waals surface area contributed by atoms with E-state index in [-0.39, 0.29) is 17.4 Å². The first kappa shape index (κ1) is 11.4. The summed E-state index contributed by atoms with van der Waals surface area (Å²) in [6, 6.07) is 0. The molecule has 82 valence electrons. The molecule has 1 heterocycles. The highest BCUT2D eigenvalue weighted by Crippen LogP contribution is 2.03. The lowest BCUT2D eigenvalue weighted by molar-refractivity contribution is -0.121. The summed E-state index contributed by atoms with van der Waals surface area (Å²) in [6.07, 6.45) is 0.316. The number of rotatable bonds is 3. The molecule has 0 bridgehead atoms. The van der Waals surface area contributed by atoms with E-state index in [2.05, 4.69) is 0 Å². The van der Waals surface area contributed by atoms with E-state index in [9.17, 15) is 13.2 Å². The Balaban J connectivity index is 2.26. The molecule has 6 nitrogen and oxygen atoms in total. The largest absolute Gasteiger partial charge is 0.301 e. The van der Waals surface area contributed by atoms with Gasteiger partial charge in [-0.05, 0) is 0 Å². The summed E-state index contributed by atoms with van der Waals surface area (Å²) in [4.78, 5) is 12.8. The quantitative estimate of drug-likeness (QED) is 0.330. The maximum atomic E-state index is 11.1. The second-order valence-electron chi connectivity index (χ2n) is 3.31. The molecule has 1 fully saturated rings. The van der Waals surface area contributed by atoms with Crippen LogP contribution in [0.2, 0.25) is 0 Å². The molecule has 0 atom stereocenters. The van der Waals surface area contributed by atoms with Crippen molar-refractivity contribution in [3.8, 4) is 0 Å². The molecule has 0 radical (unpaired) electrons. The minimum absolute atomic E-state index is 0.192. The van der Waals surface area contributed by atoms with Crippen molar-refractivity contribution in [2.75, 3.05) is 31.1 Å². The van der Waals surface area contributed by atoms with Crippen LogP contribution in [0, 0.1) is 0 Å². The van der Waals surface area contributed by atoms with Crippen LogP contribution in [0.3, 0.4) is 0 Å². The third kappa shape index (κ3) is 3.60. The van der Waals surface area contributed by atoms with Gasteiger partial charge in [-0.15, -0.1) is 0 Å². The van der Waals surface area contributed by atoms with Gasteiger partial charge in [0.2, 0.25) is 5.91 Å². The Morgan fingerprint density at radius 2 is 1.93 bits per heavy atom. The predicted molar refractivity (Wildman–Crippen MR) is 52.0 cm³/mol. The minimum atomic E-state index is -2.83. The van der Waals surface area contributed by atoms with Gasteiger partial charge in [0.15, 0.2) is 9.84 Å². The van der Waals surface area contributed by atoms with Gasteiger partial charge in [-0.3, -0.25) is 10.2 Å². The topological polar surface area (TPSA) is 92.5 Å². The van der Waals surface area contributed by atoms with Crippen molar-refractivity contribution in [1.82, 2.24) is 10.3 Å². The number of hydrazine groups is 1. The molecule has 1 aliphatic heterocycles. The first-order valence-electron chi connectivity index (χ1n) is 4.46. The summed E-state index contributed by atoms with van der Waals surface area (Å²) in [5.74, 6) is 5.08. The van der Waals surface area contributed by atoms with E-state index in [1.807, 2.05) is 10.3 Å². The molecule has 0 aromatic heterocycles. The van der Waals surface area contributed by atoms with E-state index in [0.29, 0.717) is 26.1 Å². The zero-order valence-electron chi connectivity index (χ0n) is 7.90. The highest BCUT2D eigenvalue weighted by molar-refractivity contribution is 7.91. The first-order valence-corrected chi connectivity index (χ1v) is 6.28. The van der Waals surface area contributed by atoms with Crippen LogP contribution in [0.1, 0.15) is 6.42 Å². The SMILES string of the molecule is NNC(=O)CCN1CCS(=O)(=O)CC1. The van der Waals surface area contributed by atoms with Crippen LogP contribution >= 0.6 is 0 Å². The van der Waals surface area contributed by atoms with Crippen LogP contribution in [0.25, 0.3) is 0 Å². The van der Waals surface area contributed by atoms with Crippen LogP contribution in [0.4, 0.5) is 0 Å². The van der Waals surface area contributed by atoms with Gasteiger partial charge in [0.1, 0.15) is 0 Å². The second kappa shape index (κ2) is 4.72. The molecule has 1 aliphatic rings. The Labute approximate surface area is 83.3 Å². The Kier molecular flexibility index (Phi) is 3.85. The zero-order chi connectivity index (χ0) is 10.6. The van der Waals surface area contributed by atoms with Gasteiger partial charge in [-0.1, -0.05) is 0 Å². The molecular formula is C7H15N3O3S. The Bertz CT molecular complexity index is 287. The summed E-state index contributed by atoms with van der Waals surface area (Å²) in [7, 11) is -2.83. The lowest BCUT2D eigenvalue weighted by Gasteiger charge is -2.25. The average Bonchev–Trinajstić information content (AvgIpc) is 2.16. The molecule has 1 amide bonds. The van der Waals surface area contributed by atoms with Crippen LogP contribution in [0.5, 0.6) is 0 Å². The maximum absolute atomic E-state index is 11.1. The second-order valence-corrected chi connectivity index (χ2v) is 5.61. The van der Waals surface area contributed by atoms with E-state index in [0.717, 1.165) is 0 Å². The number of nitrogens with one attached hydrogen (secondary N) is 1. The van der Waals surface area contributed by atoms with E-state index >= 15 is 0 Å². The normalized spacial score (nSPS) is 21.8. The molecule has 0 aromatic carbocycles. The maximum Gasteiger partial charge on any atom is 0.235 e. The fraction of sp³-hybridized carbons (Fsp3) is 0.857. The number of hydrogen-bond donors (Lipinski definition) is 2. The number of amides is 1. The number of hydrogen-bond acceptors (Lipinski definition) is 5. The van der Waals surface area contributed by atoms with E-state index < -0.39 is 9.84 Å². The van der Waals surface area contributed by atoms with Crippen LogP contribution in [0.15, 0.2) is 0 Å². The Morgan fingerprint density at radius 1 is 1.36 bits per heavy atom. The smallest absolute Gasteiger partial charge is 0.235 e. The average molecular weight is 221 g/mol. The van der Waals surface area contributed by atoms with Gasteiger partial charge in [0, 0.05) is 26.1 Å². The van der Waals surface area contributed by atoms with Crippen molar-refractivity contribution < 1.29 is 13.2 Å². The lowest BCUT2D eigenvalue weighted by atomic mass is 10.3. The lowest BCUT2D eigenvalue weighted by Crippen LogP contribution is -2.42. The Hall–Kier alpha value is -0.660. The van der Waals surface area contributed by atoms with Gasteiger partial charge in [0.25, 0.3) is 0 Å². The molecule has 0 aliphatic carbocycles. The van der Waals surface area contributed by atoms with Crippen LogP contribution in [-0.4, -0.2) is 50.4 Å². The van der Waals surface area contributed by atoms with E-state index in [4.69, 9.17) is 5.84 Å². The standard InChI is InChI=1S/C7H15N3O3S/c8-9-7(11)1-2-10-3-5-14(12,13)6-4-10/h1-6,8H2,(H,9,11). The van der Waals surface area contributed by atoms with E-state index in [1.54, 1.807) is 0 Å². The summed E-state index contributed by atoms with van der Waals surface area (Å²) >= 11 is 0. The van der Waals surface area contributed by atoms with Crippen molar-refractivity contribution in [3.05, 3.63) is 0 Å². The monoisotopic (exact) mass is 221 g/mol. The number of nitrogens with zero attached hydrogens (tertiary/aromatic N) is 1. The fourth-order valence-corrected chi connectivity index (χ4v) is 2.58. The molecule has 1 saturated heterocycles. The predicted octanol–water partition coefficient (Wildman–Crippen LogP) is -1.90. The number of carbonyl (C=O) groups is 1. The molecule has 1 rings (SSSR count). The minimum Gasteiger partial charge on any atom is -0.301 e. The summed E-state index contributed by atoms with van der Waals surface area (Å²) in [6.45, 7) is 1.60. The highest BCUT2D eigenvalue weighted by atomic mass is 32.2. The molecule has 0 saturated carbocycles. The van der Waals surface area contributed by atoms with Crippen molar-refractivity contribution in [2.24, 2.45) is 5.84 Å². The van der Waals surface area contributed by atoms with Crippen LogP contribution < -0.4 is 11.3 Å². The molecule has 7 heteroatoms. The Morgan fingerprint density at radius 3 is 2.43 bits per heavy atom. The van der Waals surface area contributed by atoms with Gasteiger partial charge < -0.3 is 4.90 Å². The van der Waals surface area contributed by atoms with Crippen molar-refractivity contribution in [3.63, 3.8) is 0 Å². The van der Waals surface area contributed by atoms with Gasteiger partial charge >= 0.3 is 0 Å². The highest BCUT2D eigenvalue weighted by Gasteiger charge is 2.21. The van der Waals surface area contributed by atoms with Crippen molar-refractivity contribution >= 4 is 15.7 Å². The number of sulfone groups is 1. The number of nitrogens with two attached hydrogens (primary N) is 1. The van der Waals surface area contributed by atoms with Crippen molar-refractivity contribution in [1.29, 1.82) is 0 Å². The summed E-state index contributed by atoms with van der Waals surface area (Å²) in [5.41, 5.74) is 2.04. The molecule has 0 spiro atoms. The van der Waals surface area contributed by atoms with E-state index in [1.165, 1.54) is 0 Å². The summed E-state index contributed by atoms with van der Waals surface area (Å²) in [5, 5.41) is 0. The molecule has 14 heavy (non-hydrogen) atoms. The van der Waals surface area contributed by atoms with Crippen molar-refractivity contribution in [2.45, 2.75) is 6.42 Å². The molecular weight excluding hydrogens is 206 g/mol. The molecule has 0 aromatic rings. The third-order valence-corrected chi connectivity index (χ3v) is 3.86. The van der Waals surface area contributed by atoms with Gasteiger partial charge in [0.05, 0.1) is 11.5 Å². The zero-order valence-corrected chi connectivity index (χ0v) is 8.72. The van der Waals surface area contributed by atoms with Gasteiger partial charge in [-0.2, -0.15) is 0 Å². The molecule has 3 N–H and O–H groups in total. The third-order valence-electron chi connectivity index (χ3n) is 2.25.